The van der Waals surface area contributed by atoms with Crippen LogP contribution in [-0.2, 0) is 20.9 Å². The van der Waals surface area contributed by atoms with Crippen molar-refractivity contribution in [2.45, 2.75) is 12.6 Å². The third-order valence-electron chi connectivity index (χ3n) is 3.67. The summed E-state index contributed by atoms with van der Waals surface area (Å²) in [6.07, 6.45) is -0.438. The summed E-state index contributed by atoms with van der Waals surface area (Å²) in [6.45, 7) is 1.68. The summed E-state index contributed by atoms with van der Waals surface area (Å²) in [6, 6.07) is 9.06. The number of hydrogen-bond acceptors (Lipinski definition) is 5. The van der Waals surface area contributed by atoms with Gasteiger partial charge in [0.05, 0.1) is 12.5 Å². The molecular formula is C15H18N2O4S. The van der Waals surface area contributed by atoms with Gasteiger partial charge >= 0.3 is 6.09 Å². The summed E-state index contributed by atoms with van der Waals surface area (Å²) in [5.41, 5.74) is 0.929. The molecule has 2 fully saturated rings. The predicted molar refractivity (Wildman–Crippen MR) is 82.1 cm³/mol. The van der Waals surface area contributed by atoms with Gasteiger partial charge in [-0.05, 0) is 5.56 Å². The molecular weight excluding hydrogens is 304 g/mol. The first-order chi connectivity index (χ1) is 10.8. The van der Waals surface area contributed by atoms with Gasteiger partial charge in [0.1, 0.15) is 19.4 Å². The maximum atomic E-state index is 12.4. The molecule has 2 aliphatic heterocycles. The van der Waals surface area contributed by atoms with Gasteiger partial charge in [-0.15, -0.1) is 11.8 Å². The number of rotatable bonds is 3. The molecule has 2 aliphatic rings. The monoisotopic (exact) mass is 322 g/mol. The van der Waals surface area contributed by atoms with Crippen molar-refractivity contribution in [2.75, 3.05) is 31.5 Å². The van der Waals surface area contributed by atoms with E-state index < -0.39 is 12.1 Å². The Morgan fingerprint density at radius 3 is 2.86 bits per heavy atom. The molecule has 2 amide bonds. The summed E-state index contributed by atoms with van der Waals surface area (Å²) in [5.74, 6) is 1.04. The summed E-state index contributed by atoms with van der Waals surface area (Å²) < 4.78 is 10.5. The zero-order chi connectivity index (χ0) is 15.4. The molecule has 118 valence electrons. The summed E-state index contributed by atoms with van der Waals surface area (Å²) in [5, 5.41) is 0. The largest absolute Gasteiger partial charge is 0.445 e. The molecule has 0 aliphatic carbocycles. The highest BCUT2D eigenvalue weighted by atomic mass is 32.2. The van der Waals surface area contributed by atoms with Gasteiger partial charge in [0.15, 0.2) is 0 Å². The second kappa shape index (κ2) is 7.02. The molecule has 1 atom stereocenters. The zero-order valence-electron chi connectivity index (χ0n) is 12.1. The average molecular weight is 322 g/mol. The van der Waals surface area contributed by atoms with E-state index in [1.54, 1.807) is 16.7 Å². The molecule has 1 unspecified atom stereocenters. The van der Waals surface area contributed by atoms with E-state index in [0.717, 1.165) is 5.56 Å². The van der Waals surface area contributed by atoms with E-state index in [1.807, 2.05) is 30.3 Å². The van der Waals surface area contributed by atoms with E-state index in [2.05, 4.69) is 0 Å². The molecule has 2 heterocycles. The maximum Gasteiger partial charge on any atom is 0.411 e. The number of hydrogen-bond donors (Lipinski definition) is 0. The van der Waals surface area contributed by atoms with Gasteiger partial charge in [0, 0.05) is 12.3 Å². The van der Waals surface area contributed by atoms with Crippen LogP contribution < -0.4 is 0 Å². The van der Waals surface area contributed by atoms with Crippen LogP contribution in [0.3, 0.4) is 0 Å². The molecule has 3 rings (SSSR count). The van der Waals surface area contributed by atoms with Gasteiger partial charge in [0.25, 0.3) is 0 Å². The smallest absolute Gasteiger partial charge is 0.411 e. The highest BCUT2D eigenvalue weighted by Crippen LogP contribution is 2.24. The third-order valence-corrected chi connectivity index (χ3v) is 4.68. The van der Waals surface area contributed by atoms with E-state index in [0.29, 0.717) is 31.5 Å². The molecule has 0 bridgehead atoms. The van der Waals surface area contributed by atoms with Crippen molar-refractivity contribution < 1.29 is 19.1 Å². The van der Waals surface area contributed by atoms with Crippen LogP contribution in [0.5, 0.6) is 0 Å². The predicted octanol–water partition coefficient (Wildman–Crippen LogP) is 1.51. The lowest BCUT2D eigenvalue weighted by Crippen LogP contribution is -2.48. The first-order valence-electron chi connectivity index (χ1n) is 7.17. The highest BCUT2D eigenvalue weighted by molar-refractivity contribution is 7.99. The first-order valence-corrected chi connectivity index (χ1v) is 8.33. The van der Waals surface area contributed by atoms with E-state index in [4.69, 9.17) is 9.47 Å². The molecule has 0 saturated carbocycles. The van der Waals surface area contributed by atoms with Crippen LogP contribution in [0, 0.1) is 0 Å². The molecule has 22 heavy (non-hydrogen) atoms. The summed E-state index contributed by atoms with van der Waals surface area (Å²) in [4.78, 5) is 27.8. The van der Waals surface area contributed by atoms with Gasteiger partial charge in [-0.3, -0.25) is 9.69 Å². The Labute approximate surface area is 133 Å². The number of ether oxygens (including phenoxy) is 2. The van der Waals surface area contributed by atoms with Crippen LogP contribution in [0.2, 0.25) is 0 Å². The molecule has 2 saturated heterocycles. The van der Waals surface area contributed by atoms with E-state index >= 15 is 0 Å². The second-order valence-electron chi connectivity index (χ2n) is 5.16. The van der Waals surface area contributed by atoms with Crippen LogP contribution >= 0.6 is 11.8 Å². The minimum atomic E-state index is -0.449. The number of carbonyl (C=O) groups excluding carboxylic acids is 2. The lowest BCUT2D eigenvalue weighted by molar-refractivity contribution is -0.135. The standard InChI is InChI=1S/C15H18N2O4S/c18-14(16-6-7-20-10-16)13-9-22-11-17(13)15(19)21-8-12-4-2-1-3-5-12/h1-5,13H,6-11H2. The van der Waals surface area contributed by atoms with Crippen molar-refractivity contribution in [3.05, 3.63) is 35.9 Å². The van der Waals surface area contributed by atoms with Gasteiger partial charge in [0.2, 0.25) is 5.91 Å². The lowest BCUT2D eigenvalue weighted by Gasteiger charge is -2.25. The Balaban J connectivity index is 1.57. The van der Waals surface area contributed by atoms with Crippen molar-refractivity contribution in [3.63, 3.8) is 0 Å². The molecule has 0 N–H and O–H groups in total. The highest BCUT2D eigenvalue weighted by Gasteiger charge is 2.38. The Morgan fingerprint density at radius 1 is 1.32 bits per heavy atom. The fourth-order valence-electron chi connectivity index (χ4n) is 2.43. The molecule has 6 nitrogen and oxygen atoms in total. The Hall–Kier alpha value is -1.73. The molecule has 1 aromatic carbocycles. The fourth-order valence-corrected chi connectivity index (χ4v) is 3.56. The Morgan fingerprint density at radius 2 is 2.14 bits per heavy atom. The van der Waals surface area contributed by atoms with Crippen LogP contribution in [0.15, 0.2) is 30.3 Å². The average Bonchev–Trinajstić information content (AvgIpc) is 3.24. The van der Waals surface area contributed by atoms with Gasteiger partial charge < -0.3 is 14.4 Å². The molecule has 1 aromatic rings. The molecule has 0 radical (unpaired) electrons. The fraction of sp³-hybridized carbons (Fsp3) is 0.467. The van der Waals surface area contributed by atoms with E-state index in [1.165, 1.54) is 4.90 Å². The summed E-state index contributed by atoms with van der Waals surface area (Å²) in [7, 11) is 0. The zero-order valence-corrected chi connectivity index (χ0v) is 13.0. The Bertz CT molecular complexity index is 534. The van der Waals surface area contributed by atoms with Crippen LogP contribution in [0.25, 0.3) is 0 Å². The van der Waals surface area contributed by atoms with Crippen LogP contribution in [0.4, 0.5) is 4.79 Å². The molecule has 7 heteroatoms. The minimum absolute atomic E-state index is 0.0563. The normalized spacial score (nSPS) is 21.2. The van der Waals surface area contributed by atoms with Crippen molar-refractivity contribution in [1.29, 1.82) is 0 Å². The van der Waals surface area contributed by atoms with Crippen molar-refractivity contribution in [1.82, 2.24) is 9.80 Å². The van der Waals surface area contributed by atoms with Crippen LogP contribution in [-0.4, -0.2) is 59.4 Å². The number of amides is 2. The number of thioether (sulfide) groups is 1. The van der Waals surface area contributed by atoms with Gasteiger partial charge in [-0.1, -0.05) is 30.3 Å². The van der Waals surface area contributed by atoms with Crippen molar-refractivity contribution in [2.24, 2.45) is 0 Å². The van der Waals surface area contributed by atoms with Crippen molar-refractivity contribution in [3.8, 4) is 0 Å². The summed E-state index contributed by atoms with van der Waals surface area (Å²) >= 11 is 1.56. The topological polar surface area (TPSA) is 59.1 Å². The lowest BCUT2D eigenvalue weighted by atomic mass is 10.2. The molecule has 0 aromatic heterocycles. The number of nitrogens with zero attached hydrogens (tertiary/aromatic N) is 2. The SMILES string of the molecule is O=C(C1CSCN1C(=O)OCc1ccccc1)N1CCOC1. The van der Waals surface area contributed by atoms with Crippen LogP contribution in [0.1, 0.15) is 5.56 Å². The number of benzene rings is 1. The first kappa shape index (κ1) is 15.2. The Kier molecular flexibility index (Phi) is 4.84. The van der Waals surface area contributed by atoms with Gasteiger partial charge in [-0.2, -0.15) is 0 Å². The van der Waals surface area contributed by atoms with E-state index in [9.17, 15) is 9.59 Å². The maximum absolute atomic E-state index is 12.4. The second-order valence-corrected chi connectivity index (χ2v) is 6.16. The van der Waals surface area contributed by atoms with Gasteiger partial charge in [-0.25, -0.2) is 4.79 Å². The number of carbonyl (C=O) groups is 2. The van der Waals surface area contributed by atoms with E-state index in [-0.39, 0.29) is 12.5 Å². The minimum Gasteiger partial charge on any atom is -0.445 e. The third kappa shape index (κ3) is 3.36. The quantitative estimate of drug-likeness (QED) is 0.844. The molecule has 0 spiro atoms. The van der Waals surface area contributed by atoms with Crippen molar-refractivity contribution >= 4 is 23.8 Å².